The first-order valence-electron chi connectivity index (χ1n) is 12.7. The van der Waals surface area contributed by atoms with Gasteiger partial charge in [-0.2, -0.15) is 0 Å². The van der Waals surface area contributed by atoms with Gasteiger partial charge >= 0.3 is 0 Å². The summed E-state index contributed by atoms with van der Waals surface area (Å²) in [6, 6.07) is 20.3. The summed E-state index contributed by atoms with van der Waals surface area (Å²) < 4.78 is 5.65. The number of amides is 2. The van der Waals surface area contributed by atoms with E-state index in [1.807, 2.05) is 35.2 Å². The topological polar surface area (TPSA) is 49.9 Å². The molecule has 37 heavy (non-hydrogen) atoms. The smallest absolute Gasteiger partial charge is 0.249 e. The van der Waals surface area contributed by atoms with E-state index in [1.165, 1.54) is 20.9 Å². The molecule has 0 saturated carbocycles. The van der Waals surface area contributed by atoms with E-state index >= 15 is 0 Å². The summed E-state index contributed by atoms with van der Waals surface area (Å²) in [7, 11) is 0. The Morgan fingerprint density at radius 2 is 1.84 bits per heavy atom. The second-order valence-corrected chi connectivity index (χ2v) is 11.5. The minimum atomic E-state index is -0.219. The molecular formula is C31H36N2O3S. The molecule has 3 aromatic rings. The molecule has 0 radical (unpaired) electrons. The van der Waals surface area contributed by atoms with Crippen molar-refractivity contribution in [1.29, 1.82) is 0 Å². The number of ether oxygens (including phenoxy) is 1. The van der Waals surface area contributed by atoms with Crippen molar-refractivity contribution in [2.45, 2.75) is 45.3 Å². The number of thiophene rings is 1. The van der Waals surface area contributed by atoms with Gasteiger partial charge in [-0.1, -0.05) is 81.4 Å². The van der Waals surface area contributed by atoms with Crippen LogP contribution in [0.5, 0.6) is 0 Å². The molecule has 0 saturated heterocycles. The highest BCUT2D eigenvalue weighted by molar-refractivity contribution is 7.10. The van der Waals surface area contributed by atoms with Crippen LogP contribution < -0.4 is 0 Å². The van der Waals surface area contributed by atoms with Gasteiger partial charge in [0.1, 0.15) is 13.2 Å². The molecule has 0 N–H and O–H groups in total. The minimum absolute atomic E-state index is 0.00437. The van der Waals surface area contributed by atoms with Crippen LogP contribution in [0.3, 0.4) is 0 Å². The summed E-state index contributed by atoms with van der Waals surface area (Å²) in [6.45, 7) is 11.6. The van der Waals surface area contributed by atoms with Crippen LogP contribution in [-0.2, 0) is 32.8 Å². The molecular weight excluding hydrogens is 480 g/mol. The van der Waals surface area contributed by atoms with Gasteiger partial charge in [-0.3, -0.25) is 9.59 Å². The summed E-state index contributed by atoms with van der Waals surface area (Å²) in [5.74, 6) is -0.288. The zero-order chi connectivity index (χ0) is 26.4. The number of carbonyl (C=O) groups is 2. The summed E-state index contributed by atoms with van der Waals surface area (Å²) in [5.41, 5.74) is 4.59. The van der Waals surface area contributed by atoms with Crippen LogP contribution in [-0.4, -0.2) is 47.9 Å². The molecule has 0 spiro atoms. The van der Waals surface area contributed by atoms with E-state index in [0.717, 1.165) is 17.5 Å². The number of rotatable bonds is 9. The lowest BCUT2D eigenvalue weighted by atomic mass is 9.85. The maximum Gasteiger partial charge on any atom is 0.249 e. The van der Waals surface area contributed by atoms with Crippen molar-refractivity contribution in [1.82, 2.24) is 9.80 Å². The third-order valence-corrected chi connectivity index (χ3v) is 7.74. The standard InChI is InChI=1S/C31H36N2O3S/c1-5-17-32(29(35)22-36-21-23-9-7-6-8-10-23)20-28(34)33-18-15-27-26(16-19-37-27)30(33)24-11-13-25(14-12-24)31(2,3)4/h5-14,16,19,30H,1,15,17-18,20-22H2,2-4H3. The Labute approximate surface area is 224 Å². The van der Waals surface area contributed by atoms with E-state index < -0.39 is 0 Å². The van der Waals surface area contributed by atoms with E-state index in [-0.39, 0.29) is 36.4 Å². The molecule has 2 amide bonds. The molecule has 2 aromatic carbocycles. The van der Waals surface area contributed by atoms with Gasteiger partial charge < -0.3 is 14.5 Å². The van der Waals surface area contributed by atoms with Crippen molar-refractivity contribution >= 4 is 23.2 Å². The highest BCUT2D eigenvalue weighted by Gasteiger charge is 2.34. The highest BCUT2D eigenvalue weighted by Crippen LogP contribution is 2.38. The fraction of sp³-hybridized carbons (Fsp3) is 0.355. The van der Waals surface area contributed by atoms with Gasteiger partial charge in [0, 0.05) is 18.0 Å². The van der Waals surface area contributed by atoms with Gasteiger partial charge in [0.15, 0.2) is 0 Å². The van der Waals surface area contributed by atoms with E-state index in [2.05, 4.69) is 63.1 Å². The van der Waals surface area contributed by atoms with Crippen LogP contribution in [0.2, 0.25) is 0 Å². The van der Waals surface area contributed by atoms with Gasteiger partial charge in [0.2, 0.25) is 11.8 Å². The van der Waals surface area contributed by atoms with Crippen LogP contribution in [0.1, 0.15) is 53.9 Å². The Morgan fingerprint density at radius 3 is 2.51 bits per heavy atom. The van der Waals surface area contributed by atoms with E-state index in [1.54, 1.807) is 17.4 Å². The Hall–Kier alpha value is -3.22. The predicted molar refractivity (Wildman–Crippen MR) is 150 cm³/mol. The lowest BCUT2D eigenvalue weighted by molar-refractivity contribution is -0.144. The van der Waals surface area contributed by atoms with Crippen LogP contribution in [0.15, 0.2) is 78.7 Å². The fourth-order valence-corrected chi connectivity index (χ4v) is 5.60. The van der Waals surface area contributed by atoms with Gasteiger partial charge in [-0.05, 0) is 45.5 Å². The SMILES string of the molecule is C=CCN(CC(=O)N1CCc2sccc2C1c1ccc(C(C)(C)C)cc1)C(=O)COCc1ccccc1. The first kappa shape index (κ1) is 26.8. The molecule has 0 bridgehead atoms. The quantitative estimate of drug-likeness (QED) is 0.340. The zero-order valence-electron chi connectivity index (χ0n) is 22.0. The first-order valence-corrected chi connectivity index (χ1v) is 13.6. The molecule has 194 valence electrons. The molecule has 5 nitrogen and oxygen atoms in total. The van der Waals surface area contributed by atoms with Crippen LogP contribution in [0, 0.1) is 0 Å². The zero-order valence-corrected chi connectivity index (χ0v) is 22.8. The summed E-state index contributed by atoms with van der Waals surface area (Å²) >= 11 is 1.75. The highest BCUT2D eigenvalue weighted by atomic mass is 32.1. The Kier molecular flexibility index (Phi) is 8.62. The van der Waals surface area contributed by atoms with Crippen LogP contribution >= 0.6 is 11.3 Å². The molecule has 0 aliphatic carbocycles. The molecule has 1 aliphatic rings. The summed E-state index contributed by atoms with van der Waals surface area (Å²) in [6.07, 6.45) is 2.48. The maximum atomic E-state index is 13.7. The average Bonchev–Trinajstić information content (AvgIpc) is 3.37. The van der Waals surface area contributed by atoms with Crippen molar-refractivity contribution in [2.75, 3.05) is 26.2 Å². The van der Waals surface area contributed by atoms with Crippen molar-refractivity contribution in [3.8, 4) is 0 Å². The number of nitrogens with zero attached hydrogens (tertiary/aromatic N) is 2. The van der Waals surface area contributed by atoms with E-state index in [0.29, 0.717) is 19.7 Å². The van der Waals surface area contributed by atoms with Crippen LogP contribution in [0.25, 0.3) is 0 Å². The van der Waals surface area contributed by atoms with Gasteiger partial charge in [-0.15, -0.1) is 17.9 Å². The van der Waals surface area contributed by atoms with Gasteiger partial charge in [0.25, 0.3) is 0 Å². The lowest BCUT2D eigenvalue weighted by Crippen LogP contribution is -2.47. The summed E-state index contributed by atoms with van der Waals surface area (Å²) in [4.78, 5) is 31.4. The Bertz CT molecular complexity index is 1210. The van der Waals surface area contributed by atoms with Crippen molar-refractivity contribution in [3.05, 3.63) is 106 Å². The molecule has 1 unspecified atom stereocenters. The number of hydrogen-bond donors (Lipinski definition) is 0. The summed E-state index contributed by atoms with van der Waals surface area (Å²) in [5, 5.41) is 2.10. The second-order valence-electron chi connectivity index (χ2n) is 10.5. The van der Waals surface area contributed by atoms with Crippen molar-refractivity contribution < 1.29 is 14.3 Å². The number of benzene rings is 2. The predicted octanol–water partition coefficient (Wildman–Crippen LogP) is 5.75. The monoisotopic (exact) mass is 516 g/mol. The Balaban J connectivity index is 1.49. The maximum absolute atomic E-state index is 13.7. The van der Waals surface area contributed by atoms with Crippen LogP contribution in [0.4, 0.5) is 0 Å². The normalized spacial score (nSPS) is 15.2. The van der Waals surface area contributed by atoms with Crippen molar-refractivity contribution in [2.24, 2.45) is 0 Å². The third kappa shape index (κ3) is 6.56. The van der Waals surface area contributed by atoms with Gasteiger partial charge in [0.05, 0.1) is 12.6 Å². The molecule has 6 heteroatoms. The Morgan fingerprint density at radius 1 is 1.11 bits per heavy atom. The molecule has 1 aromatic heterocycles. The molecule has 4 rings (SSSR count). The number of fused-ring (bicyclic) bond motifs is 1. The minimum Gasteiger partial charge on any atom is -0.367 e. The molecule has 1 aliphatic heterocycles. The second kappa shape index (κ2) is 11.9. The first-order chi connectivity index (χ1) is 17.8. The van der Waals surface area contributed by atoms with Gasteiger partial charge in [-0.25, -0.2) is 0 Å². The number of hydrogen-bond acceptors (Lipinski definition) is 4. The largest absolute Gasteiger partial charge is 0.367 e. The van der Waals surface area contributed by atoms with Crippen molar-refractivity contribution in [3.63, 3.8) is 0 Å². The lowest BCUT2D eigenvalue weighted by Gasteiger charge is -2.37. The number of carbonyl (C=O) groups excluding carboxylic acids is 2. The van der Waals surface area contributed by atoms with E-state index in [9.17, 15) is 9.59 Å². The molecule has 0 fully saturated rings. The fourth-order valence-electron chi connectivity index (χ4n) is 4.70. The molecule has 2 heterocycles. The van der Waals surface area contributed by atoms with E-state index in [4.69, 9.17) is 4.74 Å². The third-order valence-electron chi connectivity index (χ3n) is 6.74. The molecule has 1 atom stereocenters. The average molecular weight is 517 g/mol.